The van der Waals surface area contributed by atoms with Crippen LogP contribution < -0.4 is 11.1 Å². The number of nitrogens with one attached hydrogen (secondary N) is 1. The van der Waals surface area contributed by atoms with Crippen molar-refractivity contribution in [1.82, 2.24) is 10.3 Å². The monoisotopic (exact) mass is 291 g/mol. The molecular weight excluding hydrogens is 270 g/mol. The van der Waals surface area contributed by atoms with Crippen LogP contribution >= 0.6 is 12.2 Å². The minimum Gasteiger partial charge on any atom is -0.392 e. The maximum absolute atomic E-state index is 12.5. The number of nitrogens with two attached hydrogens (primary N) is 1. The van der Waals surface area contributed by atoms with Crippen LogP contribution in [0, 0.1) is 5.41 Å². The number of carbonyl (C=O) groups excluding carboxylic acids is 1. The number of hydrogen-bond acceptors (Lipinski definition) is 3. The predicted octanol–water partition coefficient (Wildman–Crippen LogP) is 1.98. The second-order valence-corrected chi connectivity index (χ2v) is 5.81. The van der Waals surface area contributed by atoms with Gasteiger partial charge in [0, 0.05) is 18.9 Å². The van der Waals surface area contributed by atoms with Gasteiger partial charge in [0.15, 0.2) is 0 Å². The molecule has 0 unspecified atom stereocenters. The van der Waals surface area contributed by atoms with Crippen molar-refractivity contribution in [2.75, 3.05) is 6.54 Å². The highest BCUT2D eigenvalue weighted by Crippen LogP contribution is 2.36. The first-order chi connectivity index (χ1) is 9.65. The maximum Gasteiger partial charge on any atom is 0.233 e. The molecule has 5 heteroatoms. The molecule has 0 radical (unpaired) electrons. The summed E-state index contributed by atoms with van der Waals surface area (Å²) in [7, 11) is 0. The van der Waals surface area contributed by atoms with Gasteiger partial charge in [-0.25, -0.2) is 0 Å². The third kappa shape index (κ3) is 3.33. The Bertz CT molecular complexity index is 469. The standard InChI is InChI=1S/C15H21N3OS/c16-13(20)15(7-2-1-3-8-15)14(19)18-11-6-12-4-9-17-10-5-12/h4-5,9-10H,1-3,6-8,11H2,(H2,16,20)(H,18,19). The van der Waals surface area contributed by atoms with Gasteiger partial charge in [0.05, 0.1) is 10.4 Å². The van der Waals surface area contributed by atoms with E-state index >= 15 is 0 Å². The quantitative estimate of drug-likeness (QED) is 0.814. The Kier molecular flexibility index (Phi) is 5.06. The Morgan fingerprint density at radius 2 is 1.95 bits per heavy atom. The average molecular weight is 291 g/mol. The van der Waals surface area contributed by atoms with Gasteiger partial charge in [-0.2, -0.15) is 0 Å². The van der Waals surface area contributed by atoms with Crippen molar-refractivity contribution in [3.05, 3.63) is 30.1 Å². The van der Waals surface area contributed by atoms with Crippen LogP contribution in [0.5, 0.6) is 0 Å². The molecule has 4 nitrogen and oxygen atoms in total. The minimum atomic E-state index is -0.619. The topological polar surface area (TPSA) is 68.0 Å². The third-order valence-electron chi connectivity index (χ3n) is 4.06. The van der Waals surface area contributed by atoms with Crippen molar-refractivity contribution in [3.63, 3.8) is 0 Å². The third-order valence-corrected chi connectivity index (χ3v) is 4.45. The van der Waals surface area contributed by atoms with Crippen molar-refractivity contribution in [2.24, 2.45) is 11.1 Å². The molecular formula is C15H21N3OS. The smallest absolute Gasteiger partial charge is 0.233 e. The summed E-state index contributed by atoms with van der Waals surface area (Å²) < 4.78 is 0. The Hall–Kier alpha value is -1.49. The number of hydrogen-bond donors (Lipinski definition) is 2. The first kappa shape index (κ1) is 14.9. The second-order valence-electron chi connectivity index (χ2n) is 5.37. The zero-order valence-corrected chi connectivity index (χ0v) is 12.4. The van der Waals surface area contributed by atoms with Gasteiger partial charge in [-0.15, -0.1) is 0 Å². The molecule has 0 aliphatic heterocycles. The largest absolute Gasteiger partial charge is 0.392 e. The van der Waals surface area contributed by atoms with E-state index in [0.29, 0.717) is 11.5 Å². The van der Waals surface area contributed by atoms with E-state index in [1.54, 1.807) is 12.4 Å². The van der Waals surface area contributed by atoms with E-state index in [1.165, 1.54) is 0 Å². The normalized spacial score (nSPS) is 17.4. The van der Waals surface area contributed by atoms with Crippen molar-refractivity contribution in [2.45, 2.75) is 38.5 Å². The molecule has 1 amide bonds. The summed E-state index contributed by atoms with van der Waals surface area (Å²) in [5.41, 5.74) is 6.39. The van der Waals surface area contributed by atoms with Crippen LogP contribution in [0.1, 0.15) is 37.7 Å². The van der Waals surface area contributed by atoms with Crippen LogP contribution in [0.3, 0.4) is 0 Å². The Labute approximate surface area is 125 Å². The Balaban J connectivity index is 1.91. The number of rotatable bonds is 5. The summed E-state index contributed by atoms with van der Waals surface area (Å²) in [5.74, 6) is -0.00115. The van der Waals surface area contributed by atoms with E-state index in [-0.39, 0.29) is 5.91 Å². The first-order valence-corrected chi connectivity index (χ1v) is 7.53. The highest BCUT2D eigenvalue weighted by molar-refractivity contribution is 7.80. The molecule has 0 spiro atoms. The van der Waals surface area contributed by atoms with Gasteiger partial charge in [0.1, 0.15) is 0 Å². The highest BCUT2D eigenvalue weighted by Gasteiger charge is 2.41. The van der Waals surface area contributed by atoms with Gasteiger partial charge >= 0.3 is 0 Å². The van der Waals surface area contributed by atoms with Gasteiger partial charge in [0.2, 0.25) is 5.91 Å². The Morgan fingerprint density at radius 1 is 1.30 bits per heavy atom. The summed E-state index contributed by atoms with van der Waals surface area (Å²) in [6.07, 6.45) is 9.08. The molecule has 108 valence electrons. The molecule has 0 saturated heterocycles. The van der Waals surface area contributed by atoms with E-state index in [1.807, 2.05) is 12.1 Å². The van der Waals surface area contributed by atoms with Gasteiger partial charge in [-0.1, -0.05) is 31.5 Å². The Morgan fingerprint density at radius 3 is 2.55 bits per heavy atom. The molecule has 1 heterocycles. The van der Waals surface area contributed by atoms with Crippen molar-refractivity contribution < 1.29 is 4.79 Å². The fraction of sp³-hybridized carbons (Fsp3) is 0.533. The zero-order chi connectivity index (χ0) is 14.4. The number of pyridine rings is 1. The maximum atomic E-state index is 12.5. The summed E-state index contributed by atoms with van der Waals surface area (Å²) in [5, 5.41) is 3.00. The van der Waals surface area contributed by atoms with Crippen molar-refractivity contribution in [3.8, 4) is 0 Å². The number of thiocarbonyl (C=S) groups is 1. The molecule has 0 bridgehead atoms. The number of nitrogens with zero attached hydrogens (tertiary/aromatic N) is 1. The number of aromatic nitrogens is 1. The first-order valence-electron chi connectivity index (χ1n) is 7.12. The molecule has 1 saturated carbocycles. The molecule has 1 aromatic heterocycles. The molecule has 1 fully saturated rings. The second kappa shape index (κ2) is 6.79. The molecule has 0 atom stereocenters. The minimum absolute atomic E-state index is 0.00115. The lowest BCUT2D eigenvalue weighted by Gasteiger charge is -2.34. The van der Waals surface area contributed by atoms with Crippen LogP contribution in [0.15, 0.2) is 24.5 Å². The average Bonchev–Trinajstić information content (AvgIpc) is 2.48. The molecule has 1 aromatic rings. The van der Waals surface area contributed by atoms with Crippen LogP contribution in [0.25, 0.3) is 0 Å². The predicted molar refractivity (Wildman–Crippen MR) is 83.3 cm³/mol. The highest BCUT2D eigenvalue weighted by atomic mass is 32.1. The lowest BCUT2D eigenvalue weighted by molar-refractivity contribution is -0.128. The van der Waals surface area contributed by atoms with E-state index in [2.05, 4.69) is 10.3 Å². The molecule has 3 N–H and O–H groups in total. The van der Waals surface area contributed by atoms with Gasteiger partial charge in [0.25, 0.3) is 0 Å². The molecule has 0 aromatic carbocycles. The zero-order valence-electron chi connectivity index (χ0n) is 11.6. The number of carbonyl (C=O) groups is 1. The van der Waals surface area contributed by atoms with Gasteiger partial charge < -0.3 is 11.1 Å². The van der Waals surface area contributed by atoms with Crippen LogP contribution in [-0.2, 0) is 11.2 Å². The lowest BCUT2D eigenvalue weighted by Crippen LogP contribution is -2.50. The molecule has 1 aliphatic carbocycles. The van der Waals surface area contributed by atoms with Gasteiger partial charge in [-0.3, -0.25) is 9.78 Å². The number of amides is 1. The van der Waals surface area contributed by atoms with E-state index in [4.69, 9.17) is 18.0 Å². The van der Waals surface area contributed by atoms with Crippen LogP contribution in [0.4, 0.5) is 0 Å². The molecule has 2 rings (SSSR count). The summed E-state index contributed by atoms with van der Waals surface area (Å²) >= 11 is 5.16. The van der Waals surface area contributed by atoms with Gasteiger partial charge in [-0.05, 0) is 37.0 Å². The summed E-state index contributed by atoms with van der Waals surface area (Å²) in [4.78, 5) is 16.8. The van der Waals surface area contributed by atoms with Crippen LogP contribution in [0.2, 0.25) is 0 Å². The fourth-order valence-electron chi connectivity index (χ4n) is 2.78. The van der Waals surface area contributed by atoms with Crippen LogP contribution in [-0.4, -0.2) is 22.4 Å². The molecule has 1 aliphatic rings. The van der Waals surface area contributed by atoms with E-state index < -0.39 is 5.41 Å². The molecule has 20 heavy (non-hydrogen) atoms. The van der Waals surface area contributed by atoms with Crippen molar-refractivity contribution >= 4 is 23.1 Å². The fourth-order valence-corrected chi connectivity index (χ4v) is 3.08. The summed E-state index contributed by atoms with van der Waals surface area (Å²) in [6.45, 7) is 0.604. The lowest BCUT2D eigenvalue weighted by atomic mass is 9.73. The van der Waals surface area contributed by atoms with E-state index in [0.717, 1.165) is 44.1 Å². The summed E-state index contributed by atoms with van der Waals surface area (Å²) in [6, 6.07) is 3.91. The van der Waals surface area contributed by atoms with E-state index in [9.17, 15) is 4.79 Å². The van der Waals surface area contributed by atoms with Crippen molar-refractivity contribution in [1.29, 1.82) is 0 Å². The SMILES string of the molecule is NC(=S)C1(C(=O)NCCc2ccncc2)CCCCC1.